The van der Waals surface area contributed by atoms with Gasteiger partial charge in [-0.1, -0.05) is 12.8 Å². The molecule has 2 fully saturated rings. The molecule has 82 valence electrons. The van der Waals surface area contributed by atoms with Crippen LogP contribution in [0.3, 0.4) is 0 Å². The molecule has 0 amide bonds. The van der Waals surface area contributed by atoms with E-state index in [4.69, 9.17) is 4.74 Å². The number of piperidine rings is 1. The fraction of sp³-hybridized carbons (Fsp3) is 1.00. The van der Waals surface area contributed by atoms with E-state index in [2.05, 4.69) is 12.2 Å². The zero-order valence-corrected chi connectivity index (χ0v) is 9.35. The van der Waals surface area contributed by atoms with Gasteiger partial charge in [0.2, 0.25) is 0 Å². The topological polar surface area (TPSA) is 21.3 Å². The van der Waals surface area contributed by atoms with Crippen molar-refractivity contribution in [1.82, 2.24) is 5.32 Å². The molecule has 2 aliphatic rings. The number of hydrogen-bond donors (Lipinski definition) is 1. The highest BCUT2D eigenvalue weighted by Crippen LogP contribution is 2.28. The minimum absolute atomic E-state index is 0.126. The van der Waals surface area contributed by atoms with Crippen molar-refractivity contribution < 1.29 is 4.74 Å². The molecule has 0 bridgehead atoms. The first-order chi connectivity index (χ1) is 6.79. The molecule has 0 aromatic carbocycles. The van der Waals surface area contributed by atoms with E-state index in [0.717, 1.165) is 19.1 Å². The Morgan fingerprint density at radius 2 is 2.07 bits per heavy atom. The maximum absolute atomic E-state index is 6.09. The molecule has 1 heterocycles. The van der Waals surface area contributed by atoms with E-state index >= 15 is 0 Å². The lowest BCUT2D eigenvalue weighted by atomic mass is 9.96. The van der Waals surface area contributed by atoms with Crippen molar-refractivity contribution in [2.45, 2.75) is 51.0 Å². The molecule has 2 nitrogen and oxygen atoms in total. The Kier molecular flexibility index (Phi) is 3.45. The smallest absolute Gasteiger partial charge is 0.0778 e. The molecule has 1 saturated heterocycles. The van der Waals surface area contributed by atoms with E-state index in [9.17, 15) is 0 Å². The van der Waals surface area contributed by atoms with Crippen molar-refractivity contribution in [3.63, 3.8) is 0 Å². The number of ether oxygens (including phenoxy) is 1. The van der Waals surface area contributed by atoms with Gasteiger partial charge in [-0.3, -0.25) is 0 Å². The standard InChI is InChI=1S/C12H23NO/c1-12(7-4-8-13-10-12)14-9-11-5-2-3-6-11/h11,13H,2-10H2,1H3. The first kappa shape index (κ1) is 10.4. The van der Waals surface area contributed by atoms with Crippen molar-refractivity contribution in [2.24, 2.45) is 5.92 Å². The summed E-state index contributed by atoms with van der Waals surface area (Å²) in [5, 5.41) is 3.43. The highest BCUT2D eigenvalue weighted by atomic mass is 16.5. The molecule has 1 aliphatic carbocycles. The van der Waals surface area contributed by atoms with Crippen LogP contribution in [0, 0.1) is 5.92 Å². The third-order valence-electron chi connectivity index (χ3n) is 3.70. The van der Waals surface area contributed by atoms with Crippen LogP contribution in [-0.2, 0) is 4.74 Å². The summed E-state index contributed by atoms with van der Waals surface area (Å²) < 4.78 is 6.09. The Balaban J connectivity index is 1.72. The van der Waals surface area contributed by atoms with Crippen LogP contribution < -0.4 is 5.32 Å². The van der Waals surface area contributed by atoms with Gasteiger partial charge in [0.05, 0.1) is 12.2 Å². The highest BCUT2D eigenvalue weighted by molar-refractivity contribution is 4.83. The zero-order valence-electron chi connectivity index (χ0n) is 9.35. The van der Waals surface area contributed by atoms with Crippen LogP contribution in [-0.4, -0.2) is 25.3 Å². The molecule has 0 radical (unpaired) electrons. The van der Waals surface area contributed by atoms with Crippen molar-refractivity contribution in [3.8, 4) is 0 Å². The second kappa shape index (κ2) is 4.63. The third-order valence-corrected chi connectivity index (χ3v) is 3.70. The summed E-state index contributed by atoms with van der Waals surface area (Å²) in [6.07, 6.45) is 8.12. The van der Waals surface area contributed by atoms with Crippen LogP contribution in [0.2, 0.25) is 0 Å². The van der Waals surface area contributed by atoms with Gasteiger partial charge in [-0.15, -0.1) is 0 Å². The summed E-state index contributed by atoms with van der Waals surface area (Å²) in [5.74, 6) is 0.855. The Hall–Kier alpha value is -0.0800. The summed E-state index contributed by atoms with van der Waals surface area (Å²) >= 11 is 0. The predicted octanol–water partition coefficient (Wildman–Crippen LogP) is 2.34. The Labute approximate surface area is 87.4 Å². The van der Waals surface area contributed by atoms with Crippen molar-refractivity contribution in [3.05, 3.63) is 0 Å². The lowest BCUT2D eigenvalue weighted by molar-refractivity contribution is -0.0605. The summed E-state index contributed by atoms with van der Waals surface area (Å²) in [4.78, 5) is 0. The molecular weight excluding hydrogens is 174 g/mol. The van der Waals surface area contributed by atoms with E-state index in [1.54, 1.807) is 0 Å². The van der Waals surface area contributed by atoms with Crippen molar-refractivity contribution in [1.29, 1.82) is 0 Å². The van der Waals surface area contributed by atoms with Crippen molar-refractivity contribution in [2.75, 3.05) is 19.7 Å². The maximum atomic E-state index is 6.09. The van der Waals surface area contributed by atoms with Gasteiger partial charge in [0.25, 0.3) is 0 Å². The van der Waals surface area contributed by atoms with E-state index in [1.807, 2.05) is 0 Å². The van der Waals surface area contributed by atoms with E-state index in [1.165, 1.54) is 45.1 Å². The van der Waals surface area contributed by atoms with Gasteiger partial charge in [0, 0.05) is 6.54 Å². The SMILES string of the molecule is CC1(OCC2CCCC2)CCCNC1. The average Bonchev–Trinajstić information content (AvgIpc) is 2.69. The van der Waals surface area contributed by atoms with Crippen LogP contribution >= 0.6 is 0 Å². The second-order valence-corrected chi connectivity index (χ2v) is 5.19. The molecule has 0 spiro atoms. The van der Waals surface area contributed by atoms with E-state index < -0.39 is 0 Å². The minimum Gasteiger partial charge on any atom is -0.374 e. The first-order valence-electron chi connectivity index (χ1n) is 6.13. The Morgan fingerprint density at radius 3 is 2.71 bits per heavy atom. The van der Waals surface area contributed by atoms with Crippen molar-refractivity contribution >= 4 is 0 Å². The molecule has 0 aromatic rings. The van der Waals surface area contributed by atoms with Crippen LogP contribution in [0.5, 0.6) is 0 Å². The number of nitrogens with one attached hydrogen (secondary N) is 1. The number of rotatable bonds is 3. The predicted molar refractivity (Wildman–Crippen MR) is 58.4 cm³/mol. The molecule has 1 unspecified atom stereocenters. The highest BCUT2D eigenvalue weighted by Gasteiger charge is 2.28. The normalized spacial score (nSPS) is 34.9. The third kappa shape index (κ3) is 2.71. The quantitative estimate of drug-likeness (QED) is 0.750. The van der Waals surface area contributed by atoms with Gasteiger partial charge < -0.3 is 10.1 Å². The van der Waals surface area contributed by atoms with Gasteiger partial charge in [0.1, 0.15) is 0 Å². The summed E-state index contributed by atoms with van der Waals surface area (Å²) in [6.45, 7) is 5.47. The number of hydrogen-bond acceptors (Lipinski definition) is 2. The lowest BCUT2D eigenvalue weighted by Crippen LogP contribution is -2.45. The molecule has 1 saturated carbocycles. The van der Waals surface area contributed by atoms with Gasteiger partial charge in [-0.05, 0) is 45.1 Å². The zero-order chi connectivity index (χ0) is 9.86. The molecule has 0 aromatic heterocycles. The van der Waals surface area contributed by atoms with Crippen LogP contribution in [0.25, 0.3) is 0 Å². The lowest BCUT2D eigenvalue weighted by Gasteiger charge is -2.35. The Bertz CT molecular complexity index is 169. The Morgan fingerprint density at radius 1 is 1.29 bits per heavy atom. The van der Waals surface area contributed by atoms with Gasteiger partial charge >= 0.3 is 0 Å². The fourth-order valence-electron chi connectivity index (χ4n) is 2.65. The van der Waals surface area contributed by atoms with Crippen LogP contribution in [0.15, 0.2) is 0 Å². The van der Waals surface area contributed by atoms with Gasteiger partial charge in [0.15, 0.2) is 0 Å². The molecule has 1 N–H and O–H groups in total. The van der Waals surface area contributed by atoms with E-state index in [-0.39, 0.29) is 5.60 Å². The fourth-order valence-corrected chi connectivity index (χ4v) is 2.65. The summed E-state index contributed by atoms with van der Waals surface area (Å²) in [5.41, 5.74) is 0.126. The van der Waals surface area contributed by atoms with E-state index in [0.29, 0.717) is 0 Å². The second-order valence-electron chi connectivity index (χ2n) is 5.19. The monoisotopic (exact) mass is 197 g/mol. The average molecular weight is 197 g/mol. The molecule has 14 heavy (non-hydrogen) atoms. The summed E-state index contributed by atoms with van der Waals surface area (Å²) in [6, 6.07) is 0. The first-order valence-corrected chi connectivity index (χ1v) is 6.13. The van der Waals surface area contributed by atoms with Crippen LogP contribution in [0.1, 0.15) is 45.4 Å². The molecule has 1 aliphatic heterocycles. The molecule has 2 heteroatoms. The maximum Gasteiger partial charge on any atom is 0.0778 e. The van der Waals surface area contributed by atoms with Crippen LogP contribution in [0.4, 0.5) is 0 Å². The largest absolute Gasteiger partial charge is 0.374 e. The van der Waals surface area contributed by atoms with Gasteiger partial charge in [-0.25, -0.2) is 0 Å². The molecule has 2 rings (SSSR count). The molecular formula is C12H23NO. The summed E-state index contributed by atoms with van der Waals surface area (Å²) in [7, 11) is 0. The van der Waals surface area contributed by atoms with Gasteiger partial charge in [-0.2, -0.15) is 0 Å². The molecule has 1 atom stereocenters. The minimum atomic E-state index is 0.126.